The molecule has 2 aromatic carbocycles. The molecule has 3 fully saturated rings. The van der Waals surface area contributed by atoms with Crippen LogP contribution in [0.5, 0.6) is 0 Å². The number of likely N-dealkylation sites (tertiary alicyclic amines) is 2. The molecular formula is C50H74N6O8. The van der Waals surface area contributed by atoms with Crippen molar-refractivity contribution in [3.8, 4) is 0 Å². The van der Waals surface area contributed by atoms with Crippen LogP contribution in [0.2, 0.25) is 0 Å². The molecule has 6 atom stereocenters. The number of rotatable bonds is 14. The lowest BCUT2D eigenvalue weighted by Crippen LogP contribution is -2.48. The zero-order chi connectivity index (χ0) is 45.4. The van der Waals surface area contributed by atoms with Crippen LogP contribution in [0.1, 0.15) is 127 Å². The number of aryl methyl sites for hydroxylation is 2. The minimum Gasteiger partial charge on any atom is -0.444 e. The molecule has 2 aromatic rings. The first-order chi connectivity index (χ1) is 30.6. The molecule has 0 spiro atoms. The molecule has 4 amide bonds. The van der Waals surface area contributed by atoms with Crippen molar-refractivity contribution < 1.29 is 38.1 Å². The quantitative estimate of drug-likeness (QED) is 0.201. The summed E-state index contributed by atoms with van der Waals surface area (Å²) in [6, 6.07) is 15.2. The first kappa shape index (κ1) is 47.7. The summed E-state index contributed by atoms with van der Waals surface area (Å²) < 4.78 is 24.1. The Balaban J connectivity index is 0.810. The molecule has 2 aliphatic carbocycles. The van der Waals surface area contributed by atoms with Gasteiger partial charge in [-0.25, -0.2) is 9.59 Å². The zero-order valence-corrected chi connectivity index (χ0v) is 39.3. The summed E-state index contributed by atoms with van der Waals surface area (Å²) in [5, 5.41) is 6.53. The highest BCUT2D eigenvalue weighted by Gasteiger charge is 2.44. The maximum Gasteiger partial charge on any atom is 0.411 e. The zero-order valence-electron chi connectivity index (χ0n) is 39.3. The second-order valence-electron chi connectivity index (χ2n) is 20.4. The standard InChI is InChI=1S/C50H74N6O8/c1-49(2,3)63-47(59)55-33-37(31-43(55)45(57)51-41-21-11-17-35-15-7-9-19-39(35)41)61-29-13-23-53-25-27-54(28-26-53)24-14-30-62-38-32-44(56(34-38)48(60)64-50(4,5)6)46(58)52-42-22-12-18-36-16-8-10-20-40(36)42/h7-10,15-16,19-20,37-38,41-44H,11-14,17-18,21-34H2,1-6H3,(H,51,57)(H,52,58)/t37-,38-,41+,42+,43-,44-/m0/s1. The van der Waals surface area contributed by atoms with Gasteiger partial charge < -0.3 is 39.4 Å². The first-order valence-corrected chi connectivity index (χ1v) is 24.0. The largest absolute Gasteiger partial charge is 0.444 e. The van der Waals surface area contributed by atoms with E-state index in [0.29, 0.717) is 39.1 Å². The minimum absolute atomic E-state index is 0.0674. The molecule has 0 aromatic heterocycles. The molecule has 3 aliphatic heterocycles. The number of carbonyl (C=O) groups is 4. The van der Waals surface area contributed by atoms with Crippen LogP contribution in [0.3, 0.4) is 0 Å². The predicted octanol–water partition coefficient (Wildman–Crippen LogP) is 6.56. The van der Waals surface area contributed by atoms with E-state index in [4.69, 9.17) is 18.9 Å². The molecule has 3 heterocycles. The van der Waals surface area contributed by atoms with Crippen molar-refractivity contribution in [1.29, 1.82) is 0 Å². The summed E-state index contributed by atoms with van der Waals surface area (Å²) in [4.78, 5) is 62.3. The van der Waals surface area contributed by atoms with Gasteiger partial charge >= 0.3 is 12.2 Å². The maximum atomic E-state index is 13.8. The van der Waals surface area contributed by atoms with Crippen molar-refractivity contribution in [1.82, 2.24) is 30.2 Å². The third-order valence-electron chi connectivity index (χ3n) is 13.2. The second-order valence-corrected chi connectivity index (χ2v) is 20.4. The summed E-state index contributed by atoms with van der Waals surface area (Å²) in [5.41, 5.74) is 3.53. The summed E-state index contributed by atoms with van der Waals surface area (Å²) in [6.07, 6.45) is 6.97. The number of piperazine rings is 1. The van der Waals surface area contributed by atoms with E-state index in [1.165, 1.54) is 22.3 Å². The summed E-state index contributed by atoms with van der Waals surface area (Å²) in [5.74, 6) is -0.303. The van der Waals surface area contributed by atoms with Crippen LogP contribution in [-0.4, -0.2) is 145 Å². The van der Waals surface area contributed by atoms with Gasteiger partial charge in [0.05, 0.1) is 37.4 Å². The Labute approximate surface area is 381 Å². The fourth-order valence-electron chi connectivity index (χ4n) is 10.0. The number of fused-ring (bicyclic) bond motifs is 2. The number of hydrogen-bond acceptors (Lipinski definition) is 10. The predicted molar refractivity (Wildman–Crippen MR) is 245 cm³/mol. The monoisotopic (exact) mass is 887 g/mol. The molecule has 14 nitrogen and oxygen atoms in total. The Morgan fingerprint density at radius 3 is 1.38 bits per heavy atom. The number of ether oxygens (including phenoxy) is 4. The van der Waals surface area contributed by atoms with Crippen molar-refractivity contribution in [2.45, 2.75) is 153 Å². The molecule has 352 valence electrons. The molecule has 7 rings (SSSR count). The van der Waals surface area contributed by atoms with E-state index in [1.54, 1.807) is 9.80 Å². The Hall–Kier alpha value is -4.24. The lowest BCUT2D eigenvalue weighted by molar-refractivity contribution is -0.127. The summed E-state index contributed by atoms with van der Waals surface area (Å²) >= 11 is 0. The van der Waals surface area contributed by atoms with Crippen molar-refractivity contribution in [3.05, 3.63) is 70.8 Å². The molecule has 0 radical (unpaired) electrons. The molecule has 2 N–H and O–H groups in total. The van der Waals surface area contributed by atoms with Gasteiger partial charge in [-0.1, -0.05) is 48.5 Å². The molecule has 3 saturated heterocycles. The molecule has 64 heavy (non-hydrogen) atoms. The number of nitrogens with one attached hydrogen (secondary N) is 2. The van der Waals surface area contributed by atoms with E-state index in [9.17, 15) is 19.2 Å². The lowest BCUT2D eigenvalue weighted by atomic mass is 9.87. The SMILES string of the molecule is CC(C)(C)OC(=O)N1C[C@@H](OCCCN2CCN(CCCO[C@H]3C[C@@H](C(=O)N[C@@H]4CCCc5ccccc54)N(C(=O)OC(C)(C)C)C3)CC2)C[C@H]1C(=O)N[C@@H]1CCCc2ccccc21. The highest BCUT2D eigenvalue weighted by Crippen LogP contribution is 2.33. The van der Waals surface area contributed by atoms with Gasteiger partial charge in [0.15, 0.2) is 0 Å². The van der Waals surface area contributed by atoms with Gasteiger partial charge in [-0.3, -0.25) is 19.4 Å². The van der Waals surface area contributed by atoms with Crippen LogP contribution in [-0.2, 0) is 41.4 Å². The van der Waals surface area contributed by atoms with Crippen molar-refractivity contribution >= 4 is 24.0 Å². The molecule has 0 bridgehead atoms. The number of carbonyl (C=O) groups excluding carboxylic acids is 4. The Kier molecular flexibility index (Phi) is 15.9. The first-order valence-electron chi connectivity index (χ1n) is 24.0. The van der Waals surface area contributed by atoms with Gasteiger partial charge in [0.25, 0.3) is 0 Å². The second kappa shape index (κ2) is 21.4. The summed E-state index contributed by atoms with van der Waals surface area (Å²) in [6.45, 7) is 18.5. The number of hydrogen-bond donors (Lipinski definition) is 2. The van der Waals surface area contributed by atoms with Crippen molar-refractivity contribution in [3.63, 3.8) is 0 Å². The van der Waals surface area contributed by atoms with Crippen LogP contribution in [0.15, 0.2) is 48.5 Å². The highest BCUT2D eigenvalue weighted by molar-refractivity contribution is 5.87. The highest BCUT2D eigenvalue weighted by atomic mass is 16.6. The van der Waals surface area contributed by atoms with Crippen LogP contribution in [0, 0.1) is 0 Å². The van der Waals surface area contributed by atoms with E-state index in [0.717, 1.165) is 90.6 Å². The van der Waals surface area contributed by atoms with Crippen molar-refractivity contribution in [2.24, 2.45) is 0 Å². The molecule has 14 heteroatoms. The van der Waals surface area contributed by atoms with Gasteiger partial charge in [-0.05, 0) is 115 Å². The van der Waals surface area contributed by atoms with Crippen molar-refractivity contribution in [2.75, 3.05) is 65.6 Å². The topological polar surface area (TPSA) is 142 Å². The number of amides is 4. The Morgan fingerprint density at radius 2 is 0.984 bits per heavy atom. The van der Waals surface area contributed by atoms with Gasteiger partial charge in [0.2, 0.25) is 11.8 Å². The fraction of sp³-hybridized carbons (Fsp3) is 0.680. The average molecular weight is 887 g/mol. The molecule has 0 saturated carbocycles. The summed E-state index contributed by atoms with van der Waals surface area (Å²) in [7, 11) is 0. The number of nitrogens with zero attached hydrogens (tertiary/aromatic N) is 4. The average Bonchev–Trinajstić information content (AvgIpc) is 3.89. The van der Waals surface area contributed by atoms with Gasteiger partial charge in [0.1, 0.15) is 23.3 Å². The van der Waals surface area contributed by atoms with E-state index in [-0.39, 0.29) is 36.1 Å². The molecule has 5 aliphatic rings. The molecular weight excluding hydrogens is 813 g/mol. The number of benzene rings is 2. The minimum atomic E-state index is -0.673. The van der Waals surface area contributed by atoms with E-state index in [2.05, 4.69) is 44.7 Å². The van der Waals surface area contributed by atoms with Gasteiger partial charge in [0, 0.05) is 65.3 Å². The maximum absolute atomic E-state index is 13.8. The van der Waals surface area contributed by atoms with Gasteiger partial charge in [-0.2, -0.15) is 0 Å². The fourth-order valence-corrected chi connectivity index (χ4v) is 10.0. The molecule has 0 unspecified atom stereocenters. The lowest BCUT2D eigenvalue weighted by Gasteiger charge is -2.34. The van der Waals surface area contributed by atoms with Crippen LogP contribution >= 0.6 is 0 Å². The Morgan fingerprint density at radius 1 is 0.594 bits per heavy atom. The van der Waals surface area contributed by atoms with Crippen LogP contribution in [0.25, 0.3) is 0 Å². The van der Waals surface area contributed by atoms with Crippen LogP contribution in [0.4, 0.5) is 9.59 Å². The van der Waals surface area contributed by atoms with E-state index >= 15 is 0 Å². The smallest absolute Gasteiger partial charge is 0.411 e. The third-order valence-corrected chi connectivity index (χ3v) is 13.2. The van der Waals surface area contributed by atoms with Crippen LogP contribution < -0.4 is 10.6 Å². The van der Waals surface area contributed by atoms with E-state index in [1.807, 2.05) is 65.8 Å². The van der Waals surface area contributed by atoms with Gasteiger partial charge in [-0.15, -0.1) is 0 Å². The Bertz CT molecular complexity index is 1770. The third kappa shape index (κ3) is 13.0. The van der Waals surface area contributed by atoms with E-state index < -0.39 is 35.5 Å². The normalized spacial score (nSPS) is 25.3.